The van der Waals surface area contributed by atoms with Crippen LogP contribution in [0.3, 0.4) is 0 Å². The van der Waals surface area contributed by atoms with Gasteiger partial charge in [-0.15, -0.1) is 24.0 Å². The molecular weight excluding hydrogens is 507 g/mol. The number of halogens is 1. The van der Waals surface area contributed by atoms with E-state index in [2.05, 4.69) is 33.0 Å². The summed E-state index contributed by atoms with van der Waals surface area (Å²) in [6, 6.07) is 9.70. The Hall–Kier alpha value is -2.30. The molecule has 1 aromatic heterocycles. The van der Waals surface area contributed by atoms with Gasteiger partial charge in [0.2, 0.25) is 0 Å². The molecule has 0 aliphatic rings. The van der Waals surface area contributed by atoms with Crippen LogP contribution in [0.2, 0.25) is 0 Å². The minimum atomic E-state index is -0.513. The molecule has 172 valence electrons. The Morgan fingerprint density at radius 1 is 1.19 bits per heavy atom. The van der Waals surface area contributed by atoms with E-state index in [0.717, 1.165) is 45.0 Å². The van der Waals surface area contributed by atoms with Crippen LogP contribution in [0.25, 0.3) is 0 Å². The molecule has 3 N–H and O–H groups in total. The largest absolute Gasteiger partial charge is 0.444 e. The molecule has 0 aliphatic heterocycles. The number of hydrogen-bond acceptors (Lipinski definition) is 4. The van der Waals surface area contributed by atoms with Crippen LogP contribution in [0.15, 0.2) is 47.7 Å². The standard InChI is InChI=1S/C22H34N6O2.HI/c1-5-23-20(24-13-6-16-28-17-7-14-26-28)25-15-12-18-8-10-19(11-9-18)27-21(29)30-22(2,3)4;/h7-11,14,17H,5-6,12-13,15-16H2,1-4H3,(H,27,29)(H2,23,24,25);1H. The Kier molecular flexibility index (Phi) is 12.0. The average Bonchev–Trinajstić information content (AvgIpc) is 3.18. The molecule has 0 atom stereocenters. The monoisotopic (exact) mass is 542 g/mol. The van der Waals surface area contributed by atoms with Crippen molar-refractivity contribution >= 4 is 41.7 Å². The van der Waals surface area contributed by atoms with Gasteiger partial charge in [-0.05, 0) is 64.3 Å². The maximum absolute atomic E-state index is 11.8. The molecule has 0 aliphatic carbocycles. The van der Waals surface area contributed by atoms with Gasteiger partial charge in [-0.1, -0.05) is 12.1 Å². The van der Waals surface area contributed by atoms with Crippen LogP contribution < -0.4 is 16.0 Å². The lowest BCUT2D eigenvalue weighted by atomic mass is 10.1. The number of guanidine groups is 1. The lowest BCUT2D eigenvalue weighted by molar-refractivity contribution is 0.0636. The first-order valence-corrected chi connectivity index (χ1v) is 10.4. The van der Waals surface area contributed by atoms with E-state index in [1.807, 2.05) is 62.0 Å². The molecule has 0 saturated carbocycles. The average molecular weight is 542 g/mol. The zero-order valence-electron chi connectivity index (χ0n) is 18.9. The molecule has 2 rings (SSSR count). The van der Waals surface area contributed by atoms with Crippen molar-refractivity contribution in [1.29, 1.82) is 0 Å². The lowest BCUT2D eigenvalue weighted by Gasteiger charge is -2.19. The van der Waals surface area contributed by atoms with E-state index in [-0.39, 0.29) is 24.0 Å². The summed E-state index contributed by atoms with van der Waals surface area (Å²) in [6.07, 6.45) is 5.08. The lowest BCUT2D eigenvalue weighted by Crippen LogP contribution is -2.38. The molecular formula is C22H35IN6O2. The van der Waals surface area contributed by atoms with Crippen molar-refractivity contribution in [3.05, 3.63) is 48.3 Å². The molecule has 8 nitrogen and oxygen atoms in total. The molecule has 1 aromatic carbocycles. The van der Waals surface area contributed by atoms with E-state index in [4.69, 9.17) is 4.74 Å². The second-order valence-corrected chi connectivity index (χ2v) is 7.88. The smallest absolute Gasteiger partial charge is 0.412 e. The van der Waals surface area contributed by atoms with Crippen LogP contribution in [0.1, 0.15) is 39.7 Å². The number of anilines is 1. The Morgan fingerprint density at radius 2 is 1.94 bits per heavy atom. The Labute approximate surface area is 202 Å². The zero-order chi connectivity index (χ0) is 21.8. The fraction of sp³-hybridized carbons (Fsp3) is 0.500. The van der Waals surface area contributed by atoms with Gasteiger partial charge >= 0.3 is 6.09 Å². The van der Waals surface area contributed by atoms with Gasteiger partial charge < -0.3 is 15.4 Å². The molecule has 1 amide bonds. The SMILES string of the molecule is CCNC(=NCCCn1cccn1)NCCc1ccc(NC(=O)OC(C)(C)C)cc1.I. The molecule has 0 radical (unpaired) electrons. The van der Waals surface area contributed by atoms with Crippen LogP contribution in [0, 0.1) is 0 Å². The number of benzene rings is 1. The summed E-state index contributed by atoms with van der Waals surface area (Å²) < 4.78 is 7.18. The van der Waals surface area contributed by atoms with Crippen molar-refractivity contribution in [2.24, 2.45) is 4.99 Å². The molecule has 31 heavy (non-hydrogen) atoms. The van der Waals surface area contributed by atoms with Gasteiger partial charge in [0.1, 0.15) is 5.60 Å². The van der Waals surface area contributed by atoms with Crippen LogP contribution in [-0.4, -0.2) is 47.1 Å². The molecule has 0 bridgehead atoms. The van der Waals surface area contributed by atoms with E-state index < -0.39 is 11.7 Å². The van der Waals surface area contributed by atoms with Crippen molar-refractivity contribution in [2.75, 3.05) is 25.0 Å². The Bertz CT molecular complexity index is 785. The molecule has 0 fully saturated rings. The summed E-state index contributed by atoms with van der Waals surface area (Å²) >= 11 is 0. The maximum Gasteiger partial charge on any atom is 0.412 e. The number of carbonyl (C=O) groups excluding carboxylic acids is 1. The first kappa shape index (κ1) is 26.7. The molecule has 9 heteroatoms. The molecule has 0 unspecified atom stereocenters. The van der Waals surface area contributed by atoms with Crippen molar-refractivity contribution < 1.29 is 9.53 Å². The summed E-state index contributed by atoms with van der Waals surface area (Å²) in [6.45, 7) is 10.8. The summed E-state index contributed by atoms with van der Waals surface area (Å²) in [5.41, 5.74) is 1.38. The number of aliphatic imine (C=N–C) groups is 1. The zero-order valence-corrected chi connectivity index (χ0v) is 21.2. The number of aryl methyl sites for hydroxylation is 1. The third-order valence-corrected chi connectivity index (χ3v) is 4.02. The fourth-order valence-corrected chi connectivity index (χ4v) is 2.70. The fourth-order valence-electron chi connectivity index (χ4n) is 2.70. The Morgan fingerprint density at radius 3 is 2.55 bits per heavy atom. The molecule has 1 heterocycles. The third-order valence-electron chi connectivity index (χ3n) is 4.02. The third kappa shape index (κ3) is 11.6. The van der Waals surface area contributed by atoms with Gasteiger partial charge in [0.15, 0.2) is 5.96 Å². The normalized spacial score (nSPS) is 11.4. The molecule has 2 aromatic rings. The highest BCUT2D eigenvalue weighted by Crippen LogP contribution is 2.13. The van der Waals surface area contributed by atoms with Gasteiger partial charge in [0.05, 0.1) is 0 Å². The second-order valence-electron chi connectivity index (χ2n) is 7.88. The summed E-state index contributed by atoms with van der Waals surface area (Å²) in [4.78, 5) is 16.4. The van der Waals surface area contributed by atoms with Crippen LogP contribution >= 0.6 is 24.0 Å². The molecule has 0 spiro atoms. The van der Waals surface area contributed by atoms with Crippen LogP contribution in [-0.2, 0) is 17.7 Å². The van der Waals surface area contributed by atoms with E-state index >= 15 is 0 Å². The van der Waals surface area contributed by atoms with E-state index in [0.29, 0.717) is 5.69 Å². The minimum absolute atomic E-state index is 0. The number of nitrogens with one attached hydrogen (secondary N) is 3. The highest BCUT2D eigenvalue weighted by atomic mass is 127. The number of hydrogen-bond donors (Lipinski definition) is 3. The predicted molar refractivity (Wildman–Crippen MR) is 136 cm³/mol. The van der Waals surface area contributed by atoms with Crippen molar-refractivity contribution in [3.8, 4) is 0 Å². The van der Waals surface area contributed by atoms with Gasteiger partial charge in [0, 0.05) is 44.3 Å². The van der Waals surface area contributed by atoms with Crippen molar-refractivity contribution in [3.63, 3.8) is 0 Å². The Balaban J connectivity index is 0.00000480. The number of aromatic nitrogens is 2. The number of amides is 1. The summed E-state index contributed by atoms with van der Waals surface area (Å²) in [5, 5.41) is 13.6. The van der Waals surface area contributed by atoms with Gasteiger partial charge in [-0.3, -0.25) is 15.0 Å². The first-order valence-electron chi connectivity index (χ1n) is 10.4. The highest BCUT2D eigenvalue weighted by Gasteiger charge is 2.16. The summed E-state index contributed by atoms with van der Waals surface area (Å²) in [7, 11) is 0. The van der Waals surface area contributed by atoms with Crippen LogP contribution in [0.5, 0.6) is 0 Å². The summed E-state index contributed by atoms with van der Waals surface area (Å²) in [5.74, 6) is 0.821. The van der Waals surface area contributed by atoms with Gasteiger partial charge in [-0.2, -0.15) is 5.10 Å². The maximum atomic E-state index is 11.8. The van der Waals surface area contributed by atoms with Gasteiger partial charge in [-0.25, -0.2) is 4.79 Å². The van der Waals surface area contributed by atoms with E-state index in [1.165, 1.54) is 5.56 Å². The minimum Gasteiger partial charge on any atom is -0.444 e. The number of carbonyl (C=O) groups is 1. The van der Waals surface area contributed by atoms with E-state index in [9.17, 15) is 4.79 Å². The number of rotatable bonds is 9. The topological polar surface area (TPSA) is 92.6 Å². The first-order chi connectivity index (χ1) is 14.4. The highest BCUT2D eigenvalue weighted by molar-refractivity contribution is 14.0. The number of nitrogens with zero attached hydrogens (tertiary/aromatic N) is 3. The van der Waals surface area contributed by atoms with Crippen molar-refractivity contribution in [1.82, 2.24) is 20.4 Å². The van der Waals surface area contributed by atoms with Gasteiger partial charge in [0.25, 0.3) is 0 Å². The molecule has 0 saturated heterocycles. The van der Waals surface area contributed by atoms with Crippen LogP contribution in [0.4, 0.5) is 10.5 Å². The van der Waals surface area contributed by atoms with E-state index in [1.54, 1.807) is 6.20 Å². The van der Waals surface area contributed by atoms with Crippen molar-refractivity contribution in [2.45, 2.75) is 52.7 Å². The number of ether oxygens (including phenoxy) is 1. The quantitative estimate of drug-likeness (QED) is 0.193. The predicted octanol–water partition coefficient (Wildman–Crippen LogP) is 4.04. The second kappa shape index (κ2) is 13.9.